The van der Waals surface area contributed by atoms with Crippen LogP contribution in [0.4, 0.5) is 0 Å². The summed E-state index contributed by atoms with van der Waals surface area (Å²) >= 11 is 0. The molecular formula is C10H21NO3. The molecule has 0 heterocycles. The van der Waals surface area contributed by atoms with Gasteiger partial charge in [-0.1, -0.05) is 20.3 Å². The van der Waals surface area contributed by atoms with E-state index in [2.05, 4.69) is 19.3 Å². The molecule has 0 saturated carbocycles. The Labute approximate surface area is 85.6 Å². The van der Waals surface area contributed by atoms with E-state index in [9.17, 15) is 4.79 Å². The van der Waals surface area contributed by atoms with Crippen LogP contribution in [0.25, 0.3) is 0 Å². The summed E-state index contributed by atoms with van der Waals surface area (Å²) in [5.74, 6) is -0.177. The topological polar surface area (TPSA) is 58.6 Å². The summed E-state index contributed by atoms with van der Waals surface area (Å²) in [6.45, 7) is 5.70. The van der Waals surface area contributed by atoms with Gasteiger partial charge in [-0.25, -0.2) is 5.48 Å². The van der Waals surface area contributed by atoms with Crippen molar-refractivity contribution in [1.82, 2.24) is 5.48 Å². The van der Waals surface area contributed by atoms with E-state index in [1.165, 1.54) is 0 Å². The van der Waals surface area contributed by atoms with Gasteiger partial charge in [0.1, 0.15) is 0 Å². The van der Waals surface area contributed by atoms with Crippen molar-refractivity contribution in [2.75, 3.05) is 13.2 Å². The van der Waals surface area contributed by atoms with Crippen molar-refractivity contribution in [3.8, 4) is 0 Å². The summed E-state index contributed by atoms with van der Waals surface area (Å²) in [5.41, 5.74) is 2.86. The molecule has 14 heavy (non-hydrogen) atoms. The predicted octanol–water partition coefficient (Wildman–Crippen LogP) is 1.81. The van der Waals surface area contributed by atoms with E-state index in [0.717, 1.165) is 32.4 Å². The molecular weight excluding hydrogens is 182 g/mol. The van der Waals surface area contributed by atoms with Gasteiger partial charge in [-0.2, -0.15) is 0 Å². The van der Waals surface area contributed by atoms with E-state index >= 15 is 0 Å². The minimum atomic E-state index is -0.714. The van der Waals surface area contributed by atoms with E-state index in [4.69, 9.17) is 9.94 Å². The van der Waals surface area contributed by atoms with Crippen molar-refractivity contribution < 1.29 is 14.7 Å². The first kappa shape index (κ1) is 13.4. The van der Waals surface area contributed by atoms with Crippen molar-refractivity contribution in [2.45, 2.75) is 39.5 Å². The molecule has 0 rings (SSSR count). The molecule has 0 spiro atoms. The molecule has 4 nitrogen and oxygen atoms in total. The Morgan fingerprint density at radius 1 is 1.36 bits per heavy atom. The van der Waals surface area contributed by atoms with Gasteiger partial charge >= 0.3 is 5.97 Å². The van der Waals surface area contributed by atoms with Crippen LogP contribution in [0.5, 0.6) is 0 Å². The maximum Gasteiger partial charge on any atom is 0.303 e. The van der Waals surface area contributed by atoms with E-state index in [1.54, 1.807) is 0 Å². The first-order valence-electron chi connectivity index (χ1n) is 5.19. The van der Waals surface area contributed by atoms with Gasteiger partial charge in [-0.05, 0) is 18.8 Å². The summed E-state index contributed by atoms with van der Waals surface area (Å²) < 4.78 is 0. The minimum Gasteiger partial charge on any atom is -0.481 e. The summed E-state index contributed by atoms with van der Waals surface area (Å²) in [7, 11) is 0. The fraction of sp³-hybridized carbons (Fsp3) is 0.900. The van der Waals surface area contributed by atoms with E-state index in [-0.39, 0.29) is 6.42 Å². The number of hydrogen-bond donors (Lipinski definition) is 2. The Morgan fingerprint density at radius 2 is 2.07 bits per heavy atom. The fourth-order valence-corrected chi connectivity index (χ4v) is 0.948. The Hall–Kier alpha value is -0.610. The molecule has 0 unspecified atom stereocenters. The van der Waals surface area contributed by atoms with Gasteiger partial charge in [0.05, 0.1) is 6.61 Å². The molecule has 0 saturated heterocycles. The van der Waals surface area contributed by atoms with Crippen LogP contribution in [0.1, 0.15) is 39.5 Å². The Balaban J connectivity index is 2.96. The average molecular weight is 203 g/mol. The molecule has 0 atom stereocenters. The van der Waals surface area contributed by atoms with Gasteiger partial charge < -0.3 is 9.94 Å². The number of unbranched alkanes of at least 4 members (excludes halogenated alkanes) is 2. The maximum atomic E-state index is 10.2. The Morgan fingerprint density at radius 3 is 2.64 bits per heavy atom. The number of rotatable bonds is 9. The first-order valence-corrected chi connectivity index (χ1v) is 5.19. The van der Waals surface area contributed by atoms with Crippen LogP contribution in [0.2, 0.25) is 0 Å². The smallest absolute Gasteiger partial charge is 0.303 e. The molecule has 2 N–H and O–H groups in total. The number of carboxylic acids is 1. The van der Waals surface area contributed by atoms with Crippen LogP contribution in [0.3, 0.4) is 0 Å². The largest absolute Gasteiger partial charge is 0.481 e. The number of hydroxylamine groups is 1. The van der Waals surface area contributed by atoms with Crippen molar-refractivity contribution in [1.29, 1.82) is 0 Å². The van der Waals surface area contributed by atoms with E-state index in [0.29, 0.717) is 5.92 Å². The summed E-state index contributed by atoms with van der Waals surface area (Å²) in [5, 5.41) is 8.37. The van der Waals surface area contributed by atoms with E-state index in [1.807, 2.05) is 0 Å². The van der Waals surface area contributed by atoms with Gasteiger partial charge in [-0.15, -0.1) is 0 Å². The molecule has 4 heteroatoms. The molecule has 0 radical (unpaired) electrons. The Bertz CT molecular complexity index is 148. The fourth-order valence-electron chi connectivity index (χ4n) is 0.948. The van der Waals surface area contributed by atoms with Gasteiger partial charge in [0.25, 0.3) is 0 Å². The normalized spacial score (nSPS) is 10.8. The van der Waals surface area contributed by atoms with Crippen molar-refractivity contribution in [3.05, 3.63) is 0 Å². The van der Waals surface area contributed by atoms with Crippen LogP contribution in [-0.2, 0) is 9.63 Å². The Kier molecular flexibility index (Phi) is 8.57. The average Bonchev–Trinajstić information content (AvgIpc) is 2.08. The van der Waals surface area contributed by atoms with Crippen molar-refractivity contribution >= 4 is 5.97 Å². The SMILES string of the molecule is CC(C)CONCCCCCC(=O)O. The molecule has 0 aromatic heterocycles. The summed E-state index contributed by atoms with van der Waals surface area (Å²) in [6, 6.07) is 0. The lowest BCUT2D eigenvalue weighted by Crippen LogP contribution is -2.18. The zero-order chi connectivity index (χ0) is 10.8. The second-order valence-corrected chi connectivity index (χ2v) is 3.80. The quantitative estimate of drug-likeness (QED) is 0.443. The third-order valence-electron chi connectivity index (χ3n) is 1.69. The lowest BCUT2D eigenvalue weighted by atomic mass is 10.2. The highest BCUT2D eigenvalue weighted by Crippen LogP contribution is 1.98. The van der Waals surface area contributed by atoms with Crippen LogP contribution in [-0.4, -0.2) is 24.2 Å². The number of aliphatic carboxylic acids is 1. The monoisotopic (exact) mass is 203 g/mol. The number of hydrogen-bond acceptors (Lipinski definition) is 3. The molecule has 0 amide bonds. The van der Waals surface area contributed by atoms with Crippen LogP contribution < -0.4 is 5.48 Å². The standard InChI is InChI=1S/C10H21NO3/c1-9(2)8-14-11-7-5-3-4-6-10(12)13/h9,11H,3-8H2,1-2H3,(H,12,13). The van der Waals surface area contributed by atoms with Gasteiger partial charge in [0.2, 0.25) is 0 Å². The van der Waals surface area contributed by atoms with Crippen LogP contribution in [0.15, 0.2) is 0 Å². The highest BCUT2D eigenvalue weighted by Gasteiger charge is 1.96. The molecule has 0 aliphatic heterocycles. The predicted molar refractivity (Wildman–Crippen MR) is 54.9 cm³/mol. The lowest BCUT2D eigenvalue weighted by Gasteiger charge is -2.07. The summed E-state index contributed by atoms with van der Waals surface area (Å²) in [6.07, 6.45) is 2.92. The van der Waals surface area contributed by atoms with Crippen LogP contribution in [0, 0.1) is 5.92 Å². The summed E-state index contributed by atoms with van der Waals surface area (Å²) in [4.78, 5) is 15.3. The number of carbonyl (C=O) groups is 1. The third kappa shape index (κ3) is 11.4. The second-order valence-electron chi connectivity index (χ2n) is 3.80. The maximum absolute atomic E-state index is 10.2. The van der Waals surface area contributed by atoms with Crippen molar-refractivity contribution in [3.63, 3.8) is 0 Å². The minimum absolute atomic E-state index is 0.271. The molecule has 84 valence electrons. The second kappa shape index (κ2) is 8.97. The van der Waals surface area contributed by atoms with Crippen molar-refractivity contribution in [2.24, 2.45) is 5.92 Å². The molecule has 0 fully saturated rings. The molecule has 0 aromatic carbocycles. The highest BCUT2D eigenvalue weighted by atomic mass is 16.6. The molecule has 0 aliphatic rings. The molecule has 0 aromatic rings. The number of carboxylic acid groups (broad SMARTS) is 1. The van der Waals surface area contributed by atoms with Gasteiger partial charge in [0.15, 0.2) is 0 Å². The van der Waals surface area contributed by atoms with Gasteiger partial charge in [0, 0.05) is 13.0 Å². The van der Waals surface area contributed by atoms with E-state index < -0.39 is 5.97 Å². The number of nitrogens with one attached hydrogen (secondary N) is 1. The zero-order valence-electron chi connectivity index (χ0n) is 9.08. The molecule has 0 aliphatic carbocycles. The highest BCUT2D eigenvalue weighted by molar-refractivity contribution is 5.66. The third-order valence-corrected chi connectivity index (χ3v) is 1.69. The zero-order valence-corrected chi connectivity index (χ0v) is 9.08. The first-order chi connectivity index (χ1) is 6.63. The van der Waals surface area contributed by atoms with Gasteiger partial charge in [-0.3, -0.25) is 4.79 Å². The molecule has 0 bridgehead atoms. The van der Waals surface area contributed by atoms with Crippen LogP contribution >= 0.6 is 0 Å². The lowest BCUT2D eigenvalue weighted by molar-refractivity contribution is -0.137.